The summed E-state index contributed by atoms with van der Waals surface area (Å²) in [7, 11) is 1.77. The summed E-state index contributed by atoms with van der Waals surface area (Å²) >= 11 is 0. The third-order valence-corrected chi connectivity index (χ3v) is 3.91. The first kappa shape index (κ1) is 18.0. The van der Waals surface area contributed by atoms with Crippen molar-refractivity contribution in [1.29, 1.82) is 0 Å². The average molecular weight is 332 g/mol. The summed E-state index contributed by atoms with van der Waals surface area (Å²) in [5.41, 5.74) is 2.88. The lowest BCUT2D eigenvalue weighted by Gasteiger charge is -2.21. The first-order valence-corrected chi connectivity index (χ1v) is 8.28. The van der Waals surface area contributed by atoms with Gasteiger partial charge in [0.25, 0.3) is 0 Å². The molecule has 132 valence electrons. The summed E-state index contributed by atoms with van der Waals surface area (Å²) in [6, 6.07) is 1.75. The van der Waals surface area contributed by atoms with Gasteiger partial charge in [-0.05, 0) is 19.4 Å². The number of nitrogens with zero attached hydrogens (tertiary/aromatic N) is 3. The standard InChI is InChI=1S/C17H28N6O/c1-7-13(15-18-9-11(2)19-15)20-16(24)23(6)10-12-8-14(22-21-12)17(3,4)5/h8-9,13H,7,10H2,1-6H3,(H,18,19)(H,20,24)(H,21,22)/t13-/m0/s1. The van der Waals surface area contributed by atoms with Gasteiger partial charge in [0.15, 0.2) is 0 Å². The van der Waals surface area contributed by atoms with Gasteiger partial charge in [-0.1, -0.05) is 27.7 Å². The number of imidazole rings is 1. The minimum absolute atomic E-state index is 0.0139. The highest BCUT2D eigenvalue weighted by Crippen LogP contribution is 2.20. The number of carbonyl (C=O) groups excluding carboxylic acids is 1. The number of carbonyl (C=O) groups is 1. The Morgan fingerprint density at radius 3 is 2.62 bits per heavy atom. The molecule has 0 aromatic carbocycles. The zero-order chi connectivity index (χ0) is 17.9. The number of hydrogen-bond donors (Lipinski definition) is 3. The first-order chi connectivity index (χ1) is 11.2. The third kappa shape index (κ3) is 4.37. The number of hydrogen-bond acceptors (Lipinski definition) is 3. The Hall–Kier alpha value is -2.31. The maximum atomic E-state index is 12.4. The second kappa shape index (κ2) is 7.07. The molecule has 0 saturated carbocycles. The van der Waals surface area contributed by atoms with E-state index in [1.54, 1.807) is 18.1 Å². The molecule has 2 amide bonds. The molecular weight excluding hydrogens is 304 g/mol. The van der Waals surface area contributed by atoms with Crippen LogP contribution in [0, 0.1) is 6.92 Å². The minimum Gasteiger partial charge on any atom is -0.344 e. The normalized spacial score (nSPS) is 12.9. The molecule has 0 unspecified atom stereocenters. The van der Waals surface area contributed by atoms with E-state index in [2.05, 4.69) is 46.3 Å². The lowest BCUT2D eigenvalue weighted by atomic mass is 9.92. The van der Waals surface area contributed by atoms with Gasteiger partial charge < -0.3 is 15.2 Å². The number of aromatic nitrogens is 4. The zero-order valence-electron chi connectivity index (χ0n) is 15.4. The molecule has 7 heteroatoms. The maximum Gasteiger partial charge on any atom is 0.318 e. The monoisotopic (exact) mass is 332 g/mol. The summed E-state index contributed by atoms with van der Waals surface area (Å²) in [5.74, 6) is 0.785. The Labute approximate surface area is 143 Å². The fourth-order valence-electron chi connectivity index (χ4n) is 2.39. The number of rotatable bonds is 5. The van der Waals surface area contributed by atoms with Crippen LogP contribution in [0.5, 0.6) is 0 Å². The van der Waals surface area contributed by atoms with Crippen molar-refractivity contribution in [3.05, 3.63) is 35.2 Å². The largest absolute Gasteiger partial charge is 0.344 e. The number of aryl methyl sites for hydroxylation is 1. The molecule has 0 aliphatic heterocycles. The topological polar surface area (TPSA) is 89.7 Å². The first-order valence-electron chi connectivity index (χ1n) is 8.28. The molecule has 2 rings (SSSR count). The van der Waals surface area contributed by atoms with Crippen LogP contribution in [0.4, 0.5) is 4.79 Å². The lowest BCUT2D eigenvalue weighted by Crippen LogP contribution is -2.39. The van der Waals surface area contributed by atoms with Crippen LogP contribution in [0.3, 0.4) is 0 Å². The van der Waals surface area contributed by atoms with Crippen molar-refractivity contribution in [3.8, 4) is 0 Å². The second-order valence-corrected chi connectivity index (χ2v) is 7.25. The molecule has 24 heavy (non-hydrogen) atoms. The van der Waals surface area contributed by atoms with E-state index in [9.17, 15) is 4.79 Å². The molecule has 0 aliphatic rings. The van der Waals surface area contributed by atoms with Gasteiger partial charge in [-0.3, -0.25) is 5.10 Å². The van der Waals surface area contributed by atoms with Crippen molar-refractivity contribution in [2.45, 2.75) is 59.0 Å². The number of amides is 2. The number of H-pyrrole nitrogens is 2. The van der Waals surface area contributed by atoms with E-state index < -0.39 is 0 Å². The van der Waals surface area contributed by atoms with Gasteiger partial charge in [0.2, 0.25) is 0 Å². The zero-order valence-corrected chi connectivity index (χ0v) is 15.4. The quantitative estimate of drug-likeness (QED) is 0.786. The van der Waals surface area contributed by atoms with Crippen molar-refractivity contribution in [2.75, 3.05) is 7.05 Å². The highest BCUT2D eigenvalue weighted by atomic mass is 16.2. The Kier molecular flexibility index (Phi) is 5.31. The van der Waals surface area contributed by atoms with Gasteiger partial charge in [0.05, 0.1) is 24.0 Å². The highest BCUT2D eigenvalue weighted by molar-refractivity contribution is 5.74. The maximum absolute atomic E-state index is 12.4. The van der Waals surface area contributed by atoms with E-state index in [1.165, 1.54) is 0 Å². The number of urea groups is 1. The second-order valence-electron chi connectivity index (χ2n) is 7.25. The van der Waals surface area contributed by atoms with Crippen LogP contribution in [0.1, 0.15) is 63.1 Å². The third-order valence-electron chi connectivity index (χ3n) is 3.91. The lowest BCUT2D eigenvalue weighted by molar-refractivity contribution is 0.201. The SMILES string of the molecule is CC[C@H](NC(=O)N(C)Cc1cc(C(C)(C)C)n[nH]1)c1ncc(C)[nH]1. The van der Waals surface area contributed by atoms with Gasteiger partial charge in [-0.2, -0.15) is 5.10 Å². The number of aromatic amines is 2. The molecule has 2 aromatic rings. The molecule has 0 radical (unpaired) electrons. The van der Waals surface area contributed by atoms with Crippen LogP contribution >= 0.6 is 0 Å². The summed E-state index contributed by atoms with van der Waals surface area (Å²) in [6.45, 7) is 10.8. The van der Waals surface area contributed by atoms with E-state index >= 15 is 0 Å². The Bertz CT molecular complexity index is 681. The molecule has 2 heterocycles. The van der Waals surface area contributed by atoms with Crippen molar-refractivity contribution < 1.29 is 4.79 Å². The van der Waals surface area contributed by atoms with Crippen LogP contribution in [0.2, 0.25) is 0 Å². The fourth-order valence-corrected chi connectivity index (χ4v) is 2.39. The van der Waals surface area contributed by atoms with E-state index in [1.807, 2.05) is 19.9 Å². The van der Waals surface area contributed by atoms with Crippen molar-refractivity contribution in [3.63, 3.8) is 0 Å². The van der Waals surface area contributed by atoms with Crippen LogP contribution in [-0.2, 0) is 12.0 Å². The summed E-state index contributed by atoms with van der Waals surface area (Å²) in [5, 5.41) is 10.4. The van der Waals surface area contributed by atoms with Crippen molar-refractivity contribution in [1.82, 2.24) is 30.4 Å². The van der Waals surface area contributed by atoms with E-state index in [-0.39, 0.29) is 17.5 Å². The van der Waals surface area contributed by atoms with E-state index in [0.717, 1.165) is 29.3 Å². The van der Waals surface area contributed by atoms with Crippen LogP contribution in [0.25, 0.3) is 0 Å². The molecule has 3 N–H and O–H groups in total. The molecule has 2 aromatic heterocycles. The summed E-state index contributed by atoms with van der Waals surface area (Å²) in [6.07, 6.45) is 2.54. The Morgan fingerprint density at radius 2 is 2.12 bits per heavy atom. The van der Waals surface area contributed by atoms with Gasteiger partial charge in [0, 0.05) is 24.4 Å². The predicted octanol–water partition coefficient (Wildman–Crippen LogP) is 3.03. The summed E-state index contributed by atoms with van der Waals surface area (Å²) in [4.78, 5) is 21.6. The van der Waals surface area contributed by atoms with Gasteiger partial charge in [-0.15, -0.1) is 0 Å². The molecule has 7 nitrogen and oxygen atoms in total. The van der Waals surface area contributed by atoms with Gasteiger partial charge >= 0.3 is 6.03 Å². The Morgan fingerprint density at radius 1 is 1.42 bits per heavy atom. The molecule has 1 atom stereocenters. The van der Waals surface area contributed by atoms with E-state index in [4.69, 9.17) is 0 Å². The predicted molar refractivity (Wildman–Crippen MR) is 93.6 cm³/mol. The minimum atomic E-state index is -0.136. The average Bonchev–Trinajstić information content (AvgIpc) is 3.13. The Balaban J connectivity index is 1.97. The molecule has 0 aliphatic carbocycles. The molecular formula is C17H28N6O. The van der Waals surface area contributed by atoms with Crippen molar-refractivity contribution in [2.24, 2.45) is 0 Å². The van der Waals surface area contributed by atoms with Crippen LogP contribution in [-0.4, -0.2) is 38.1 Å². The van der Waals surface area contributed by atoms with Gasteiger partial charge in [-0.25, -0.2) is 9.78 Å². The fraction of sp³-hybridized carbons (Fsp3) is 0.588. The van der Waals surface area contributed by atoms with Crippen LogP contribution < -0.4 is 5.32 Å². The molecule has 0 fully saturated rings. The highest BCUT2D eigenvalue weighted by Gasteiger charge is 2.20. The smallest absolute Gasteiger partial charge is 0.318 e. The van der Waals surface area contributed by atoms with Gasteiger partial charge in [0.1, 0.15) is 5.82 Å². The summed E-state index contributed by atoms with van der Waals surface area (Å²) < 4.78 is 0. The van der Waals surface area contributed by atoms with Crippen molar-refractivity contribution >= 4 is 6.03 Å². The van der Waals surface area contributed by atoms with E-state index in [0.29, 0.717) is 6.54 Å². The molecule has 0 saturated heterocycles. The van der Waals surface area contributed by atoms with Crippen LogP contribution in [0.15, 0.2) is 12.3 Å². The molecule has 0 bridgehead atoms. The molecule has 0 spiro atoms. The number of nitrogens with one attached hydrogen (secondary N) is 3.